The van der Waals surface area contributed by atoms with Gasteiger partial charge in [0.15, 0.2) is 0 Å². The van der Waals surface area contributed by atoms with E-state index in [2.05, 4.69) is 21.2 Å². The Kier molecular flexibility index (Phi) is 4.40. The molecule has 0 spiro atoms. The van der Waals surface area contributed by atoms with Gasteiger partial charge in [-0.3, -0.25) is 0 Å². The van der Waals surface area contributed by atoms with E-state index in [-0.39, 0.29) is 10.6 Å². The van der Waals surface area contributed by atoms with Crippen LogP contribution in [0.15, 0.2) is 45.8 Å². The predicted octanol–water partition coefficient (Wildman–Crippen LogP) is 2.43. The Labute approximate surface area is 131 Å². The number of hydrogen-bond acceptors (Lipinski definition) is 5. The quantitative estimate of drug-likeness (QED) is 0.715. The topological polar surface area (TPSA) is 107 Å². The molecule has 0 heterocycles. The van der Waals surface area contributed by atoms with Gasteiger partial charge in [-0.05, 0) is 40.2 Å². The zero-order chi connectivity index (χ0) is 15.6. The second-order valence-electron chi connectivity index (χ2n) is 4.23. The molecule has 0 saturated heterocycles. The number of methoxy groups -OCH3 is 1. The Hall–Kier alpha value is -1.77. The second-order valence-corrected chi connectivity index (χ2v) is 6.62. The SMILES string of the molecule is COc1ccc(Br)c(Nc2cccc(S(N)(=O)=O)c2N)c1. The zero-order valence-electron chi connectivity index (χ0n) is 11.1. The van der Waals surface area contributed by atoms with Gasteiger partial charge in [0.2, 0.25) is 10.0 Å². The van der Waals surface area contributed by atoms with Gasteiger partial charge in [0.25, 0.3) is 0 Å². The molecule has 2 rings (SSSR count). The van der Waals surface area contributed by atoms with Crippen LogP contribution in [0.25, 0.3) is 0 Å². The fraction of sp³-hybridized carbons (Fsp3) is 0.0769. The number of halogens is 1. The van der Waals surface area contributed by atoms with Crippen LogP contribution in [0, 0.1) is 0 Å². The Balaban J connectivity index is 2.46. The standard InChI is InChI=1S/C13H14BrN3O3S/c1-20-8-5-6-9(14)11(7-8)17-10-3-2-4-12(13(10)15)21(16,18)19/h2-7,17H,15H2,1H3,(H2,16,18,19). The van der Waals surface area contributed by atoms with Crippen LogP contribution >= 0.6 is 15.9 Å². The number of anilines is 3. The highest BCUT2D eigenvalue weighted by molar-refractivity contribution is 9.10. The highest BCUT2D eigenvalue weighted by atomic mass is 79.9. The molecule has 0 atom stereocenters. The molecule has 0 radical (unpaired) electrons. The largest absolute Gasteiger partial charge is 0.497 e. The molecule has 2 aromatic carbocycles. The molecule has 0 aliphatic heterocycles. The molecule has 0 amide bonds. The van der Waals surface area contributed by atoms with Crippen molar-refractivity contribution in [2.45, 2.75) is 4.90 Å². The number of hydrogen-bond donors (Lipinski definition) is 3. The van der Waals surface area contributed by atoms with Crippen LogP contribution in [-0.2, 0) is 10.0 Å². The first-order valence-corrected chi connectivity index (χ1v) is 8.18. The van der Waals surface area contributed by atoms with Gasteiger partial charge in [-0.15, -0.1) is 0 Å². The van der Waals surface area contributed by atoms with Gasteiger partial charge in [-0.25, -0.2) is 13.6 Å². The molecule has 0 saturated carbocycles. The van der Waals surface area contributed by atoms with Crippen molar-refractivity contribution in [1.29, 1.82) is 0 Å². The fourth-order valence-electron chi connectivity index (χ4n) is 1.77. The lowest BCUT2D eigenvalue weighted by atomic mass is 10.2. The summed E-state index contributed by atoms with van der Waals surface area (Å²) in [7, 11) is -2.31. The van der Waals surface area contributed by atoms with Crippen molar-refractivity contribution in [3.63, 3.8) is 0 Å². The van der Waals surface area contributed by atoms with Gasteiger partial charge in [-0.1, -0.05) is 6.07 Å². The smallest absolute Gasteiger partial charge is 0.240 e. The predicted molar refractivity (Wildman–Crippen MR) is 86.2 cm³/mol. The molecule has 0 aliphatic rings. The van der Waals surface area contributed by atoms with Crippen molar-refractivity contribution in [3.05, 3.63) is 40.9 Å². The summed E-state index contributed by atoms with van der Waals surface area (Å²) in [5, 5.41) is 8.19. The minimum Gasteiger partial charge on any atom is -0.497 e. The molecule has 0 aromatic heterocycles. The molecule has 0 aliphatic carbocycles. The number of nitrogens with two attached hydrogens (primary N) is 2. The fourth-order valence-corrected chi connectivity index (χ4v) is 2.80. The number of nitrogens with one attached hydrogen (secondary N) is 1. The van der Waals surface area contributed by atoms with E-state index in [9.17, 15) is 8.42 Å². The third-order valence-corrected chi connectivity index (χ3v) is 4.48. The molecule has 21 heavy (non-hydrogen) atoms. The highest BCUT2D eigenvalue weighted by Gasteiger charge is 2.15. The van der Waals surface area contributed by atoms with E-state index in [4.69, 9.17) is 15.6 Å². The molecule has 112 valence electrons. The monoisotopic (exact) mass is 371 g/mol. The van der Waals surface area contributed by atoms with E-state index in [1.54, 1.807) is 37.4 Å². The van der Waals surface area contributed by atoms with E-state index < -0.39 is 10.0 Å². The van der Waals surface area contributed by atoms with Gasteiger partial charge in [-0.2, -0.15) is 0 Å². The third-order valence-electron chi connectivity index (χ3n) is 2.82. The maximum absolute atomic E-state index is 11.5. The normalized spacial score (nSPS) is 11.2. The number of para-hydroxylation sites is 1. The van der Waals surface area contributed by atoms with Crippen molar-refractivity contribution in [2.24, 2.45) is 5.14 Å². The zero-order valence-corrected chi connectivity index (χ0v) is 13.5. The molecular formula is C13H14BrN3O3S. The Morgan fingerprint density at radius 2 is 1.90 bits per heavy atom. The van der Waals surface area contributed by atoms with Crippen molar-refractivity contribution in [2.75, 3.05) is 18.2 Å². The first-order chi connectivity index (χ1) is 9.82. The number of primary sulfonamides is 1. The Bertz CT molecular complexity index is 778. The molecular weight excluding hydrogens is 358 g/mol. The molecule has 0 fully saturated rings. The summed E-state index contributed by atoms with van der Waals surface area (Å²) in [5.74, 6) is 0.655. The lowest BCUT2D eigenvalue weighted by Crippen LogP contribution is -2.15. The van der Waals surface area contributed by atoms with Crippen LogP contribution in [0.5, 0.6) is 5.75 Å². The highest BCUT2D eigenvalue weighted by Crippen LogP contribution is 2.33. The van der Waals surface area contributed by atoms with E-state index in [1.165, 1.54) is 6.07 Å². The van der Waals surface area contributed by atoms with Crippen molar-refractivity contribution < 1.29 is 13.2 Å². The summed E-state index contributed by atoms with van der Waals surface area (Å²) in [5.41, 5.74) is 7.06. The van der Waals surface area contributed by atoms with Crippen LogP contribution < -0.4 is 20.9 Å². The van der Waals surface area contributed by atoms with Crippen molar-refractivity contribution in [1.82, 2.24) is 0 Å². The lowest BCUT2D eigenvalue weighted by molar-refractivity contribution is 0.415. The number of benzene rings is 2. The molecule has 0 bridgehead atoms. The first kappa shape index (κ1) is 15.6. The van der Waals surface area contributed by atoms with Gasteiger partial charge < -0.3 is 15.8 Å². The number of rotatable bonds is 4. The maximum Gasteiger partial charge on any atom is 0.240 e. The molecule has 5 N–H and O–H groups in total. The van der Waals surface area contributed by atoms with Gasteiger partial charge in [0.05, 0.1) is 24.2 Å². The van der Waals surface area contributed by atoms with E-state index in [0.717, 1.165) is 4.47 Å². The molecule has 8 heteroatoms. The third kappa shape index (κ3) is 3.46. The summed E-state index contributed by atoms with van der Waals surface area (Å²) < 4.78 is 28.9. The van der Waals surface area contributed by atoms with Crippen molar-refractivity contribution in [3.8, 4) is 5.75 Å². The minimum atomic E-state index is -3.87. The van der Waals surface area contributed by atoms with Crippen LogP contribution in [-0.4, -0.2) is 15.5 Å². The maximum atomic E-state index is 11.5. The van der Waals surface area contributed by atoms with Crippen LogP contribution in [0.1, 0.15) is 0 Å². The Morgan fingerprint density at radius 3 is 2.52 bits per heavy atom. The number of ether oxygens (including phenoxy) is 1. The van der Waals surface area contributed by atoms with Crippen LogP contribution in [0.4, 0.5) is 17.1 Å². The average Bonchev–Trinajstić information content (AvgIpc) is 2.42. The average molecular weight is 372 g/mol. The van der Waals surface area contributed by atoms with Crippen LogP contribution in [0.2, 0.25) is 0 Å². The summed E-state index contributed by atoms with van der Waals surface area (Å²) in [6.45, 7) is 0. The van der Waals surface area contributed by atoms with E-state index in [1.807, 2.05) is 0 Å². The van der Waals surface area contributed by atoms with Crippen LogP contribution in [0.3, 0.4) is 0 Å². The number of sulfonamides is 1. The molecule has 0 unspecified atom stereocenters. The Morgan fingerprint density at radius 1 is 1.19 bits per heavy atom. The van der Waals surface area contributed by atoms with Gasteiger partial charge >= 0.3 is 0 Å². The molecule has 6 nitrogen and oxygen atoms in total. The number of nitrogen functional groups attached to an aromatic ring is 1. The van der Waals surface area contributed by atoms with Gasteiger partial charge in [0, 0.05) is 10.5 Å². The van der Waals surface area contributed by atoms with E-state index in [0.29, 0.717) is 17.1 Å². The first-order valence-electron chi connectivity index (χ1n) is 5.85. The molecule has 2 aromatic rings. The lowest BCUT2D eigenvalue weighted by Gasteiger charge is -2.14. The summed E-state index contributed by atoms with van der Waals surface area (Å²) in [6, 6.07) is 9.94. The minimum absolute atomic E-state index is 0.0646. The summed E-state index contributed by atoms with van der Waals surface area (Å²) in [6.07, 6.45) is 0. The summed E-state index contributed by atoms with van der Waals surface area (Å²) >= 11 is 3.40. The second kappa shape index (κ2) is 5.92. The van der Waals surface area contributed by atoms with Gasteiger partial charge in [0.1, 0.15) is 10.6 Å². The van der Waals surface area contributed by atoms with Crippen molar-refractivity contribution >= 4 is 43.0 Å². The van der Waals surface area contributed by atoms with E-state index >= 15 is 0 Å². The summed E-state index contributed by atoms with van der Waals surface area (Å²) in [4.78, 5) is -0.119.